The highest BCUT2D eigenvalue weighted by molar-refractivity contribution is 5.80. The molecule has 90 valence electrons. The minimum absolute atomic E-state index is 0.00926. The first-order valence-corrected chi connectivity index (χ1v) is 5.94. The van der Waals surface area contributed by atoms with Crippen LogP contribution in [0.2, 0.25) is 0 Å². The molecule has 2 heteroatoms. The summed E-state index contributed by atoms with van der Waals surface area (Å²) in [4.78, 5) is 13.8. The Kier molecular flexibility index (Phi) is 4.53. The van der Waals surface area contributed by atoms with E-state index in [-0.39, 0.29) is 17.0 Å². The van der Waals surface area contributed by atoms with E-state index < -0.39 is 0 Å². The molecule has 0 aromatic heterocycles. The summed E-state index contributed by atoms with van der Waals surface area (Å²) in [5, 5.41) is 0. The van der Waals surface area contributed by atoms with Gasteiger partial charge >= 0.3 is 0 Å². The lowest BCUT2D eigenvalue weighted by atomic mass is 9.84. The lowest BCUT2D eigenvalue weighted by molar-refractivity contribution is -0.122. The van der Waals surface area contributed by atoms with E-state index in [9.17, 15) is 4.79 Å². The predicted molar refractivity (Wildman–Crippen MR) is 66.1 cm³/mol. The number of carbonyl (C=O) groups excluding carboxylic acids is 1. The van der Waals surface area contributed by atoms with Crippen molar-refractivity contribution in [2.45, 2.75) is 66.0 Å². The van der Waals surface area contributed by atoms with Gasteiger partial charge in [-0.15, -0.1) is 0 Å². The minimum atomic E-state index is 0.00926. The lowest BCUT2D eigenvalue weighted by Crippen LogP contribution is -2.47. The first-order chi connectivity index (χ1) is 6.69. The van der Waals surface area contributed by atoms with Crippen molar-refractivity contribution in [3.05, 3.63) is 0 Å². The Labute approximate surface area is 95.0 Å². The number of likely N-dealkylation sites (tertiary alicyclic amines) is 1. The highest BCUT2D eigenvalue weighted by Crippen LogP contribution is 2.43. The van der Waals surface area contributed by atoms with E-state index in [1.54, 1.807) is 6.92 Å². The first-order valence-electron chi connectivity index (χ1n) is 5.94. The molecule has 15 heavy (non-hydrogen) atoms. The summed E-state index contributed by atoms with van der Waals surface area (Å²) in [6.07, 6.45) is 0.978. The molecular weight excluding hydrogens is 186 g/mol. The van der Waals surface area contributed by atoms with Gasteiger partial charge in [0.1, 0.15) is 5.78 Å². The SMILES string of the molecule is CC.CC(=O)C1CC(C)(C)N(C)C1(C)C. The largest absolute Gasteiger partial charge is 0.300 e. The van der Waals surface area contributed by atoms with Crippen LogP contribution < -0.4 is 0 Å². The molecule has 0 aliphatic carbocycles. The number of carbonyl (C=O) groups is 1. The highest BCUT2D eigenvalue weighted by Gasteiger charge is 2.50. The Balaban J connectivity index is 0.000000921. The van der Waals surface area contributed by atoms with Crippen LogP contribution in [0.15, 0.2) is 0 Å². The molecular formula is C13H27NO. The highest BCUT2D eigenvalue weighted by atomic mass is 16.1. The minimum Gasteiger partial charge on any atom is -0.300 e. The van der Waals surface area contributed by atoms with Gasteiger partial charge in [0.25, 0.3) is 0 Å². The molecule has 0 N–H and O–H groups in total. The number of hydrogen-bond acceptors (Lipinski definition) is 2. The molecule has 0 radical (unpaired) electrons. The van der Waals surface area contributed by atoms with Crippen molar-refractivity contribution in [3.63, 3.8) is 0 Å². The van der Waals surface area contributed by atoms with Gasteiger partial charge in [0, 0.05) is 17.0 Å². The molecule has 1 unspecified atom stereocenters. The fraction of sp³-hybridized carbons (Fsp3) is 0.923. The number of rotatable bonds is 1. The Bertz CT molecular complexity index is 231. The Morgan fingerprint density at radius 3 is 1.73 bits per heavy atom. The van der Waals surface area contributed by atoms with E-state index in [0.29, 0.717) is 5.78 Å². The summed E-state index contributed by atoms with van der Waals surface area (Å²) in [7, 11) is 2.11. The number of hydrogen-bond donors (Lipinski definition) is 0. The number of Topliss-reactive ketones (excluding diaryl/α,β-unsaturated/α-hetero) is 1. The summed E-state index contributed by atoms with van der Waals surface area (Å²) in [6.45, 7) is 14.4. The zero-order chi connectivity index (χ0) is 12.4. The van der Waals surface area contributed by atoms with Crippen LogP contribution in [-0.2, 0) is 4.79 Å². The zero-order valence-electron chi connectivity index (χ0n) is 11.6. The van der Waals surface area contributed by atoms with Crippen LogP contribution in [0, 0.1) is 5.92 Å². The summed E-state index contributed by atoms with van der Waals surface area (Å²) < 4.78 is 0. The van der Waals surface area contributed by atoms with Gasteiger partial charge in [-0.05, 0) is 48.1 Å². The normalized spacial score (nSPS) is 28.1. The van der Waals surface area contributed by atoms with E-state index in [2.05, 4.69) is 39.6 Å². The molecule has 2 nitrogen and oxygen atoms in total. The van der Waals surface area contributed by atoms with Crippen molar-refractivity contribution in [2.24, 2.45) is 5.92 Å². The van der Waals surface area contributed by atoms with E-state index in [1.165, 1.54) is 0 Å². The Hall–Kier alpha value is -0.370. The summed E-state index contributed by atoms with van der Waals surface area (Å²) in [6, 6.07) is 0. The summed E-state index contributed by atoms with van der Waals surface area (Å²) >= 11 is 0. The Morgan fingerprint density at radius 2 is 1.60 bits per heavy atom. The molecule has 0 saturated carbocycles. The van der Waals surface area contributed by atoms with Gasteiger partial charge in [0.05, 0.1) is 0 Å². The standard InChI is InChI=1S/C11H21NO.C2H6/c1-8(13)9-7-10(2,3)12(6)11(9,4)5;1-2/h9H,7H2,1-6H3;1-2H3. The second-order valence-electron chi connectivity index (χ2n) is 5.39. The van der Waals surface area contributed by atoms with Crippen LogP contribution in [0.1, 0.15) is 54.9 Å². The van der Waals surface area contributed by atoms with Crippen molar-refractivity contribution < 1.29 is 4.79 Å². The second kappa shape index (κ2) is 4.65. The van der Waals surface area contributed by atoms with Crippen molar-refractivity contribution in [3.8, 4) is 0 Å². The predicted octanol–water partition coefficient (Wildman–Crippen LogP) is 3.11. The molecule has 0 spiro atoms. The number of nitrogens with zero attached hydrogens (tertiary/aromatic N) is 1. The number of ketones is 1. The van der Waals surface area contributed by atoms with E-state index >= 15 is 0 Å². The summed E-state index contributed by atoms with van der Waals surface area (Å²) in [5.74, 6) is 0.509. The van der Waals surface area contributed by atoms with Crippen molar-refractivity contribution in [2.75, 3.05) is 7.05 Å². The maximum atomic E-state index is 11.5. The molecule has 0 aromatic rings. The van der Waals surface area contributed by atoms with Crippen molar-refractivity contribution in [1.82, 2.24) is 4.90 Å². The van der Waals surface area contributed by atoms with Gasteiger partial charge in [0.15, 0.2) is 0 Å². The van der Waals surface area contributed by atoms with Crippen LogP contribution in [0.3, 0.4) is 0 Å². The van der Waals surface area contributed by atoms with Gasteiger partial charge in [-0.1, -0.05) is 13.8 Å². The molecule has 1 atom stereocenters. The van der Waals surface area contributed by atoms with Crippen LogP contribution >= 0.6 is 0 Å². The zero-order valence-corrected chi connectivity index (χ0v) is 11.6. The molecule has 1 saturated heterocycles. The third-order valence-corrected chi connectivity index (χ3v) is 3.82. The Morgan fingerprint density at radius 1 is 1.20 bits per heavy atom. The molecule has 0 bridgehead atoms. The maximum Gasteiger partial charge on any atom is 0.134 e. The molecule has 1 heterocycles. The van der Waals surface area contributed by atoms with Gasteiger partial charge in [-0.2, -0.15) is 0 Å². The topological polar surface area (TPSA) is 20.3 Å². The molecule has 1 rings (SSSR count). The van der Waals surface area contributed by atoms with Crippen molar-refractivity contribution >= 4 is 5.78 Å². The van der Waals surface area contributed by atoms with Gasteiger partial charge in [-0.25, -0.2) is 0 Å². The fourth-order valence-corrected chi connectivity index (χ4v) is 2.54. The molecule has 0 amide bonds. The van der Waals surface area contributed by atoms with Crippen LogP contribution in [0.4, 0.5) is 0 Å². The molecule has 1 aliphatic rings. The molecule has 0 aromatic carbocycles. The van der Waals surface area contributed by atoms with E-state index in [1.807, 2.05) is 13.8 Å². The van der Waals surface area contributed by atoms with Crippen LogP contribution in [0.25, 0.3) is 0 Å². The maximum absolute atomic E-state index is 11.5. The lowest BCUT2D eigenvalue weighted by Gasteiger charge is -2.38. The fourth-order valence-electron chi connectivity index (χ4n) is 2.54. The van der Waals surface area contributed by atoms with E-state index in [0.717, 1.165) is 6.42 Å². The molecule has 1 fully saturated rings. The monoisotopic (exact) mass is 213 g/mol. The first kappa shape index (κ1) is 14.6. The summed E-state index contributed by atoms with van der Waals surface area (Å²) in [5.41, 5.74) is 0.162. The van der Waals surface area contributed by atoms with Gasteiger partial charge in [-0.3, -0.25) is 9.69 Å². The van der Waals surface area contributed by atoms with Gasteiger partial charge in [0.2, 0.25) is 0 Å². The van der Waals surface area contributed by atoms with E-state index in [4.69, 9.17) is 0 Å². The third kappa shape index (κ3) is 2.60. The average molecular weight is 213 g/mol. The van der Waals surface area contributed by atoms with Gasteiger partial charge < -0.3 is 0 Å². The quantitative estimate of drug-likeness (QED) is 0.667. The smallest absolute Gasteiger partial charge is 0.134 e. The van der Waals surface area contributed by atoms with Crippen LogP contribution in [0.5, 0.6) is 0 Å². The third-order valence-electron chi connectivity index (χ3n) is 3.82. The van der Waals surface area contributed by atoms with Crippen molar-refractivity contribution in [1.29, 1.82) is 0 Å². The second-order valence-corrected chi connectivity index (χ2v) is 5.39. The average Bonchev–Trinajstić information content (AvgIpc) is 2.30. The molecule has 1 aliphatic heterocycles. The van der Waals surface area contributed by atoms with Crippen LogP contribution in [-0.4, -0.2) is 28.8 Å².